The van der Waals surface area contributed by atoms with Gasteiger partial charge in [0.25, 0.3) is 0 Å². The molecule has 3 rings (SSSR count). The largest absolute Gasteiger partial charge is 0.356 e. The second-order valence-electron chi connectivity index (χ2n) is 6.38. The van der Waals surface area contributed by atoms with Gasteiger partial charge >= 0.3 is 0 Å². The number of hydrogen-bond acceptors (Lipinski definition) is 5. The van der Waals surface area contributed by atoms with Crippen molar-refractivity contribution in [3.05, 3.63) is 28.6 Å². The molecule has 1 N–H and O–H groups in total. The van der Waals surface area contributed by atoms with Crippen LogP contribution in [0.4, 0.5) is 0 Å². The minimum absolute atomic E-state index is 0.0738. The molecule has 2 aromatic heterocycles. The lowest BCUT2D eigenvalue weighted by Gasteiger charge is -2.33. The average molecular weight is 364 g/mol. The van der Waals surface area contributed by atoms with Crippen LogP contribution < -0.4 is 5.32 Å². The van der Waals surface area contributed by atoms with Crippen molar-refractivity contribution in [2.24, 2.45) is 0 Å². The Morgan fingerprint density at radius 1 is 1.42 bits per heavy atom. The van der Waals surface area contributed by atoms with E-state index in [1.165, 1.54) is 30.7 Å². The summed E-state index contributed by atoms with van der Waals surface area (Å²) in [7, 11) is 0. The summed E-state index contributed by atoms with van der Waals surface area (Å²) in [6.07, 6.45) is 5.38. The molecule has 1 aliphatic rings. The highest BCUT2D eigenvalue weighted by Gasteiger charge is 2.17. The van der Waals surface area contributed by atoms with Crippen molar-refractivity contribution in [3.8, 4) is 9.88 Å². The van der Waals surface area contributed by atoms with Crippen LogP contribution in [0.3, 0.4) is 0 Å². The van der Waals surface area contributed by atoms with E-state index in [0.717, 1.165) is 30.2 Å². The second-order valence-corrected chi connectivity index (χ2v) is 8.19. The van der Waals surface area contributed by atoms with Crippen molar-refractivity contribution in [3.63, 3.8) is 0 Å². The molecule has 1 amide bonds. The van der Waals surface area contributed by atoms with Gasteiger partial charge in [-0.25, -0.2) is 4.98 Å². The van der Waals surface area contributed by atoms with Gasteiger partial charge in [-0.3, -0.25) is 4.79 Å². The van der Waals surface area contributed by atoms with Gasteiger partial charge in [-0.05, 0) is 44.2 Å². The highest BCUT2D eigenvalue weighted by atomic mass is 32.1. The third-order valence-corrected chi connectivity index (χ3v) is 6.44. The molecule has 1 saturated heterocycles. The number of carbonyl (C=O) groups excluding carboxylic acids is 1. The van der Waals surface area contributed by atoms with Crippen molar-refractivity contribution >= 4 is 28.6 Å². The maximum atomic E-state index is 12.1. The number of aromatic nitrogens is 1. The molecule has 2 aromatic rings. The van der Waals surface area contributed by atoms with Gasteiger partial charge in [0.15, 0.2) is 0 Å². The van der Waals surface area contributed by atoms with E-state index >= 15 is 0 Å². The zero-order valence-corrected chi connectivity index (χ0v) is 15.8. The first kappa shape index (κ1) is 17.6. The van der Waals surface area contributed by atoms with Crippen molar-refractivity contribution in [1.82, 2.24) is 15.2 Å². The Labute approximate surface area is 151 Å². The predicted molar refractivity (Wildman–Crippen MR) is 102 cm³/mol. The Morgan fingerprint density at radius 3 is 3.12 bits per heavy atom. The van der Waals surface area contributed by atoms with Crippen LogP contribution in [0.25, 0.3) is 9.88 Å². The average Bonchev–Trinajstić information content (AvgIpc) is 3.24. The van der Waals surface area contributed by atoms with Crippen LogP contribution in [0.1, 0.15) is 38.3 Å². The first-order chi connectivity index (χ1) is 11.7. The van der Waals surface area contributed by atoms with Crippen LogP contribution in [0.2, 0.25) is 0 Å². The van der Waals surface area contributed by atoms with Gasteiger partial charge in [0.1, 0.15) is 5.01 Å². The van der Waals surface area contributed by atoms with Gasteiger partial charge in [-0.2, -0.15) is 0 Å². The van der Waals surface area contributed by atoms with E-state index < -0.39 is 0 Å². The summed E-state index contributed by atoms with van der Waals surface area (Å²) in [4.78, 5) is 20.3. The number of piperidine rings is 1. The van der Waals surface area contributed by atoms with Crippen LogP contribution >= 0.6 is 22.7 Å². The zero-order chi connectivity index (χ0) is 16.8. The van der Waals surface area contributed by atoms with Crippen molar-refractivity contribution in [2.75, 3.05) is 19.6 Å². The maximum Gasteiger partial charge on any atom is 0.226 e. The molecular formula is C18H25N3OS2. The molecule has 4 nitrogen and oxygen atoms in total. The third kappa shape index (κ3) is 4.88. The molecule has 0 saturated carbocycles. The number of nitrogens with zero attached hydrogens (tertiary/aromatic N) is 2. The Hall–Kier alpha value is -1.24. The number of thiophene rings is 1. The molecule has 0 aromatic carbocycles. The fourth-order valence-electron chi connectivity index (χ4n) is 3.13. The molecule has 0 spiro atoms. The molecule has 0 radical (unpaired) electrons. The summed E-state index contributed by atoms with van der Waals surface area (Å²) >= 11 is 3.29. The monoisotopic (exact) mass is 363 g/mol. The summed E-state index contributed by atoms with van der Waals surface area (Å²) in [5, 5.41) is 8.08. The standard InChI is InChI=1S/C18H25N3OS2/c1-14-6-2-3-9-21(14)10-5-8-19-17(22)12-15-13-24-18(20-15)16-7-4-11-23-16/h4,7,11,13-14H,2-3,5-6,8-10,12H2,1H3,(H,19,22)/t14-/m0/s1. The predicted octanol–water partition coefficient (Wildman–Crippen LogP) is 3.79. The molecular weight excluding hydrogens is 338 g/mol. The maximum absolute atomic E-state index is 12.1. The van der Waals surface area contributed by atoms with E-state index in [1.54, 1.807) is 22.7 Å². The number of amides is 1. The topological polar surface area (TPSA) is 45.2 Å². The molecule has 1 fully saturated rings. The Bertz CT molecular complexity index is 638. The minimum Gasteiger partial charge on any atom is -0.356 e. The van der Waals surface area contributed by atoms with E-state index in [9.17, 15) is 4.79 Å². The molecule has 3 heterocycles. The number of likely N-dealkylation sites (tertiary alicyclic amines) is 1. The van der Waals surface area contributed by atoms with Crippen molar-refractivity contribution in [2.45, 2.75) is 45.1 Å². The minimum atomic E-state index is 0.0738. The van der Waals surface area contributed by atoms with Crippen LogP contribution in [0.5, 0.6) is 0 Å². The lowest BCUT2D eigenvalue weighted by molar-refractivity contribution is -0.120. The second kappa shape index (κ2) is 8.74. The quantitative estimate of drug-likeness (QED) is 0.761. The molecule has 0 bridgehead atoms. The normalized spacial score (nSPS) is 18.6. The fraction of sp³-hybridized carbons (Fsp3) is 0.556. The van der Waals surface area contributed by atoms with Crippen molar-refractivity contribution in [1.29, 1.82) is 0 Å². The summed E-state index contributed by atoms with van der Waals surface area (Å²) in [6.45, 7) is 5.36. The van der Waals surface area contributed by atoms with E-state index in [2.05, 4.69) is 28.2 Å². The van der Waals surface area contributed by atoms with Gasteiger partial charge in [0.2, 0.25) is 5.91 Å². The van der Waals surface area contributed by atoms with Crippen LogP contribution in [-0.4, -0.2) is 41.5 Å². The Morgan fingerprint density at radius 2 is 2.33 bits per heavy atom. The summed E-state index contributed by atoms with van der Waals surface area (Å²) in [6, 6.07) is 4.78. The van der Waals surface area contributed by atoms with E-state index in [4.69, 9.17) is 0 Å². The summed E-state index contributed by atoms with van der Waals surface area (Å²) < 4.78 is 0. The van der Waals surface area contributed by atoms with Gasteiger partial charge in [-0.1, -0.05) is 12.5 Å². The van der Waals surface area contributed by atoms with E-state index in [1.807, 2.05) is 16.8 Å². The zero-order valence-electron chi connectivity index (χ0n) is 14.2. The van der Waals surface area contributed by atoms with Crippen LogP contribution in [0, 0.1) is 0 Å². The van der Waals surface area contributed by atoms with Gasteiger partial charge in [-0.15, -0.1) is 22.7 Å². The molecule has 0 aliphatic carbocycles. The molecule has 6 heteroatoms. The van der Waals surface area contributed by atoms with Gasteiger partial charge in [0.05, 0.1) is 17.0 Å². The third-order valence-electron chi connectivity index (χ3n) is 4.51. The van der Waals surface area contributed by atoms with E-state index in [0.29, 0.717) is 12.5 Å². The van der Waals surface area contributed by atoms with Crippen LogP contribution in [0.15, 0.2) is 22.9 Å². The first-order valence-corrected chi connectivity index (χ1v) is 10.5. The molecule has 130 valence electrons. The lowest BCUT2D eigenvalue weighted by Crippen LogP contribution is -2.39. The highest BCUT2D eigenvalue weighted by Crippen LogP contribution is 2.27. The lowest BCUT2D eigenvalue weighted by atomic mass is 10.0. The number of hydrogen-bond donors (Lipinski definition) is 1. The number of thiazole rings is 1. The number of rotatable bonds is 7. The smallest absolute Gasteiger partial charge is 0.226 e. The van der Waals surface area contributed by atoms with Gasteiger partial charge in [0, 0.05) is 24.5 Å². The number of carbonyl (C=O) groups is 1. The number of nitrogens with one attached hydrogen (secondary N) is 1. The SMILES string of the molecule is C[C@H]1CCCCN1CCCNC(=O)Cc1csc(-c2cccs2)n1. The van der Waals surface area contributed by atoms with Gasteiger partial charge < -0.3 is 10.2 Å². The molecule has 1 aliphatic heterocycles. The molecule has 1 atom stereocenters. The fourth-order valence-corrected chi connectivity index (χ4v) is 4.76. The molecule has 24 heavy (non-hydrogen) atoms. The Kier molecular flexibility index (Phi) is 6.40. The first-order valence-electron chi connectivity index (χ1n) is 8.71. The summed E-state index contributed by atoms with van der Waals surface area (Å²) in [5.74, 6) is 0.0738. The van der Waals surface area contributed by atoms with Crippen molar-refractivity contribution < 1.29 is 4.79 Å². The Balaban J connectivity index is 1.37. The van der Waals surface area contributed by atoms with E-state index in [-0.39, 0.29) is 5.91 Å². The highest BCUT2D eigenvalue weighted by molar-refractivity contribution is 7.20. The molecule has 0 unspecified atom stereocenters. The van der Waals surface area contributed by atoms with Crippen LogP contribution in [-0.2, 0) is 11.2 Å². The summed E-state index contributed by atoms with van der Waals surface area (Å²) in [5.41, 5.74) is 0.866.